The van der Waals surface area contributed by atoms with Crippen molar-refractivity contribution in [1.29, 1.82) is 0 Å². The van der Waals surface area contributed by atoms with E-state index >= 15 is 0 Å². The van der Waals surface area contributed by atoms with Crippen LogP contribution in [-0.4, -0.2) is 46.9 Å². The molecule has 0 bridgehead atoms. The van der Waals surface area contributed by atoms with Gasteiger partial charge >= 0.3 is 5.97 Å². The summed E-state index contributed by atoms with van der Waals surface area (Å²) in [7, 11) is 3.12. The van der Waals surface area contributed by atoms with Gasteiger partial charge in [-0.3, -0.25) is 4.79 Å². The zero-order chi connectivity index (χ0) is 22.8. The molecule has 2 N–H and O–H groups in total. The molecule has 0 spiro atoms. The van der Waals surface area contributed by atoms with E-state index in [0.717, 1.165) is 27.4 Å². The third-order valence-corrected chi connectivity index (χ3v) is 6.34. The third kappa shape index (κ3) is 4.85. The average molecular weight is 445 g/mol. The SMILES string of the molecule is Cc1c(C)c([Si]O[Si])c(C(C)(C)C)c(C(=O)CCC(=O)On2c(O)ccc2O)c1C. The Morgan fingerprint density at radius 2 is 1.60 bits per heavy atom. The fourth-order valence-electron chi connectivity index (χ4n) is 3.42. The summed E-state index contributed by atoms with van der Waals surface area (Å²) in [5, 5.41) is 20.1. The molecule has 7 nitrogen and oxygen atoms in total. The van der Waals surface area contributed by atoms with E-state index in [9.17, 15) is 19.8 Å². The molecule has 1 aromatic heterocycles. The lowest BCUT2D eigenvalue weighted by Crippen LogP contribution is -2.35. The van der Waals surface area contributed by atoms with Gasteiger partial charge < -0.3 is 19.2 Å². The van der Waals surface area contributed by atoms with Crippen LogP contribution < -0.4 is 10.0 Å². The minimum absolute atomic E-state index is 0.0303. The molecule has 1 aromatic carbocycles. The molecule has 1 heterocycles. The van der Waals surface area contributed by atoms with Gasteiger partial charge in [0.1, 0.15) is 0 Å². The van der Waals surface area contributed by atoms with Crippen molar-refractivity contribution in [3.05, 3.63) is 39.9 Å². The van der Waals surface area contributed by atoms with Crippen LogP contribution in [0.25, 0.3) is 0 Å². The number of benzene rings is 1. The van der Waals surface area contributed by atoms with Gasteiger partial charge in [-0.15, -0.1) is 4.73 Å². The second-order valence-corrected chi connectivity index (χ2v) is 9.71. The molecule has 0 saturated heterocycles. The number of rotatable bonds is 7. The Kier molecular flexibility index (Phi) is 7.33. The molecule has 0 amide bonds. The molecule has 2 aromatic rings. The first-order valence-electron chi connectivity index (χ1n) is 9.47. The molecular formula is C21H26NO6Si2. The van der Waals surface area contributed by atoms with Crippen molar-refractivity contribution in [2.24, 2.45) is 0 Å². The lowest BCUT2D eigenvalue weighted by atomic mass is 9.78. The molecule has 0 unspecified atom stereocenters. The van der Waals surface area contributed by atoms with Crippen molar-refractivity contribution in [2.75, 3.05) is 0 Å². The highest BCUT2D eigenvalue weighted by atomic mass is 28.3. The van der Waals surface area contributed by atoms with Gasteiger partial charge in [-0.2, -0.15) is 0 Å². The number of hydrogen-bond acceptors (Lipinski definition) is 6. The highest BCUT2D eigenvalue weighted by Gasteiger charge is 2.30. The van der Waals surface area contributed by atoms with E-state index in [0.29, 0.717) is 10.3 Å². The zero-order valence-corrected chi connectivity index (χ0v) is 20.0. The number of ketones is 1. The predicted octanol–water partition coefficient (Wildman–Crippen LogP) is 2.08. The maximum atomic E-state index is 13.2. The lowest BCUT2D eigenvalue weighted by Gasteiger charge is -2.30. The summed E-state index contributed by atoms with van der Waals surface area (Å²) in [6, 6.07) is 2.38. The molecule has 5 radical (unpaired) electrons. The molecule has 0 atom stereocenters. The predicted molar refractivity (Wildman–Crippen MR) is 114 cm³/mol. The van der Waals surface area contributed by atoms with Crippen LogP contribution >= 0.6 is 0 Å². The lowest BCUT2D eigenvalue weighted by molar-refractivity contribution is -0.145. The van der Waals surface area contributed by atoms with Gasteiger partial charge in [-0.1, -0.05) is 20.8 Å². The fraction of sp³-hybridized carbons (Fsp3) is 0.429. The molecular weight excluding hydrogens is 418 g/mol. The molecule has 9 heteroatoms. The number of aromatic hydroxyl groups is 2. The Hall–Kier alpha value is -2.37. The summed E-state index contributed by atoms with van der Waals surface area (Å²) in [6.45, 7) is 12.0. The molecule has 0 aliphatic heterocycles. The van der Waals surface area contributed by atoms with E-state index in [-0.39, 0.29) is 33.8 Å². The largest absolute Gasteiger partial charge is 0.492 e. The topological polar surface area (TPSA) is 98.0 Å². The number of nitrogens with zero attached hydrogens (tertiary/aromatic N) is 1. The smallest absolute Gasteiger partial charge is 0.333 e. The molecule has 0 aliphatic rings. The average Bonchev–Trinajstić information content (AvgIpc) is 2.97. The molecule has 0 fully saturated rings. The van der Waals surface area contributed by atoms with Crippen LogP contribution in [0, 0.1) is 20.8 Å². The standard InChI is InChI=1S/C21H26NO6Si2/c1-11-12(2)18(19(21(4,5)6)20(13(11)3)30-28-29)14(23)7-10-17(26)27-22-15(24)8-9-16(22)25/h8-9,24-25H,7,10H2,1-6H3. The van der Waals surface area contributed by atoms with Crippen molar-refractivity contribution in [2.45, 2.75) is 59.8 Å². The van der Waals surface area contributed by atoms with Gasteiger partial charge in [0.25, 0.3) is 9.76 Å². The van der Waals surface area contributed by atoms with E-state index in [1.54, 1.807) is 0 Å². The van der Waals surface area contributed by atoms with E-state index in [2.05, 4.69) is 10.5 Å². The Balaban J connectivity index is 2.35. The molecule has 2 rings (SSSR count). The summed E-state index contributed by atoms with van der Waals surface area (Å²) < 4.78 is 5.86. The number of aromatic nitrogens is 1. The van der Waals surface area contributed by atoms with Gasteiger partial charge in [-0.05, 0) is 53.6 Å². The maximum absolute atomic E-state index is 13.2. The van der Waals surface area contributed by atoms with E-state index in [4.69, 9.17) is 8.95 Å². The first-order valence-corrected chi connectivity index (χ1v) is 10.8. The highest BCUT2D eigenvalue weighted by molar-refractivity contribution is 6.52. The number of carbonyl (C=O) groups is 2. The van der Waals surface area contributed by atoms with E-state index in [1.807, 2.05) is 41.5 Å². The van der Waals surface area contributed by atoms with Crippen LogP contribution in [0.4, 0.5) is 0 Å². The van der Waals surface area contributed by atoms with Gasteiger partial charge in [0.2, 0.25) is 22.2 Å². The quantitative estimate of drug-likeness (QED) is 0.501. The fourth-order valence-corrected chi connectivity index (χ4v) is 4.77. The number of Topliss-reactive ketones (excluding diaryl/α,β-unsaturated/α-hetero) is 1. The minimum Gasteiger partial charge on any atom is -0.492 e. The van der Waals surface area contributed by atoms with Crippen LogP contribution in [0.5, 0.6) is 11.8 Å². The van der Waals surface area contributed by atoms with E-state index < -0.39 is 17.7 Å². The van der Waals surface area contributed by atoms with E-state index in [1.165, 1.54) is 12.1 Å². The first-order chi connectivity index (χ1) is 13.9. The monoisotopic (exact) mass is 444 g/mol. The van der Waals surface area contributed by atoms with Crippen molar-refractivity contribution >= 4 is 37.2 Å². The second-order valence-electron chi connectivity index (χ2n) is 8.18. The minimum atomic E-state index is -0.741. The first kappa shape index (κ1) is 23.9. The summed E-state index contributed by atoms with van der Waals surface area (Å²) in [5.41, 5.74) is 4.20. The summed E-state index contributed by atoms with van der Waals surface area (Å²) in [4.78, 5) is 30.3. The van der Waals surface area contributed by atoms with Crippen molar-refractivity contribution in [3.8, 4) is 11.8 Å². The zero-order valence-electron chi connectivity index (χ0n) is 18.0. The highest BCUT2D eigenvalue weighted by Crippen LogP contribution is 2.31. The maximum Gasteiger partial charge on any atom is 0.333 e. The van der Waals surface area contributed by atoms with Crippen LogP contribution in [0.1, 0.15) is 66.2 Å². The normalized spacial score (nSPS) is 11.6. The van der Waals surface area contributed by atoms with Crippen molar-refractivity contribution in [1.82, 2.24) is 4.73 Å². The third-order valence-electron chi connectivity index (χ3n) is 5.10. The molecule has 159 valence electrons. The molecule has 30 heavy (non-hydrogen) atoms. The van der Waals surface area contributed by atoms with Crippen molar-refractivity contribution < 1.29 is 28.8 Å². The van der Waals surface area contributed by atoms with Gasteiger partial charge in [-0.25, -0.2) is 4.79 Å². The summed E-state index contributed by atoms with van der Waals surface area (Å²) >= 11 is 0. The Morgan fingerprint density at radius 1 is 1.03 bits per heavy atom. The van der Waals surface area contributed by atoms with Crippen molar-refractivity contribution in [3.63, 3.8) is 0 Å². The van der Waals surface area contributed by atoms with Gasteiger partial charge in [0.05, 0.1) is 6.42 Å². The number of carbonyl (C=O) groups excluding carboxylic acids is 2. The number of hydrogen-bond donors (Lipinski definition) is 2. The van der Waals surface area contributed by atoms with Crippen LogP contribution in [0.2, 0.25) is 0 Å². The van der Waals surface area contributed by atoms with Crippen LogP contribution in [-0.2, 0) is 14.3 Å². The molecule has 0 aliphatic carbocycles. The second kappa shape index (κ2) is 9.19. The Morgan fingerprint density at radius 3 is 2.10 bits per heavy atom. The Bertz CT molecular complexity index is 956. The van der Waals surface area contributed by atoms with Gasteiger partial charge in [0, 0.05) is 24.1 Å². The van der Waals surface area contributed by atoms with Crippen LogP contribution in [0.15, 0.2) is 12.1 Å². The Labute approximate surface area is 182 Å². The van der Waals surface area contributed by atoms with Gasteiger partial charge in [0.15, 0.2) is 5.78 Å². The summed E-state index contributed by atoms with van der Waals surface area (Å²) in [6.07, 6.45) is -0.261. The molecule has 0 saturated carbocycles. The summed E-state index contributed by atoms with van der Waals surface area (Å²) in [5.74, 6) is -1.73. The van der Waals surface area contributed by atoms with Crippen LogP contribution in [0.3, 0.4) is 0 Å².